The molecule has 20 heavy (non-hydrogen) atoms. The van der Waals surface area contributed by atoms with Gasteiger partial charge in [0.25, 0.3) is 0 Å². The molecule has 1 aromatic rings. The molecule has 2 rings (SSSR count). The fourth-order valence-electron chi connectivity index (χ4n) is 2.40. The van der Waals surface area contributed by atoms with Gasteiger partial charge in [0, 0.05) is 23.2 Å². The smallest absolute Gasteiger partial charge is 0.246 e. The zero-order chi connectivity index (χ0) is 15.1. The van der Waals surface area contributed by atoms with Crippen LogP contribution < -0.4 is 5.73 Å². The lowest BCUT2D eigenvalue weighted by atomic mass is 9.96. The average Bonchev–Trinajstić information content (AvgIpc) is 2.83. The highest BCUT2D eigenvalue weighted by Gasteiger charge is 2.35. The van der Waals surface area contributed by atoms with Crippen molar-refractivity contribution in [1.82, 2.24) is 4.31 Å². The molecule has 1 unspecified atom stereocenters. The highest BCUT2D eigenvalue weighted by atomic mass is 79.9. The van der Waals surface area contributed by atoms with E-state index in [4.69, 9.17) is 5.73 Å². The fourth-order valence-corrected chi connectivity index (χ4v) is 4.31. The van der Waals surface area contributed by atoms with Crippen molar-refractivity contribution in [1.29, 1.82) is 0 Å². The largest absolute Gasteiger partial charge is 0.398 e. The van der Waals surface area contributed by atoms with Crippen LogP contribution in [0.3, 0.4) is 0 Å². The Kier molecular flexibility index (Phi) is 4.41. The van der Waals surface area contributed by atoms with Crippen molar-refractivity contribution < 1.29 is 12.8 Å². The van der Waals surface area contributed by atoms with Gasteiger partial charge in [0.15, 0.2) is 0 Å². The molecule has 4 nitrogen and oxygen atoms in total. The van der Waals surface area contributed by atoms with E-state index in [0.29, 0.717) is 29.4 Å². The quantitative estimate of drug-likeness (QED) is 0.838. The van der Waals surface area contributed by atoms with Crippen molar-refractivity contribution >= 4 is 31.6 Å². The zero-order valence-electron chi connectivity index (χ0n) is 11.4. The molecule has 2 N–H and O–H groups in total. The molecular formula is C13H18BrFN2O2S. The number of halogens is 2. The predicted molar refractivity (Wildman–Crippen MR) is 80.2 cm³/mol. The second-order valence-electron chi connectivity index (χ2n) is 5.46. The first-order chi connectivity index (χ1) is 9.23. The van der Waals surface area contributed by atoms with Crippen LogP contribution in [0.4, 0.5) is 10.1 Å². The van der Waals surface area contributed by atoms with Crippen LogP contribution in [0, 0.1) is 17.7 Å². The van der Waals surface area contributed by atoms with Crippen molar-refractivity contribution in [2.24, 2.45) is 11.8 Å². The van der Waals surface area contributed by atoms with Crippen molar-refractivity contribution in [2.45, 2.75) is 25.2 Å². The van der Waals surface area contributed by atoms with Crippen molar-refractivity contribution in [2.75, 3.05) is 18.8 Å². The Bertz CT molecular complexity index is 619. The van der Waals surface area contributed by atoms with Crippen LogP contribution >= 0.6 is 15.9 Å². The summed E-state index contributed by atoms with van der Waals surface area (Å²) in [5, 5.41) is 0. The predicted octanol–water partition coefficient (Wildman–Crippen LogP) is 2.84. The van der Waals surface area contributed by atoms with Gasteiger partial charge >= 0.3 is 0 Å². The Morgan fingerprint density at radius 2 is 2.10 bits per heavy atom. The summed E-state index contributed by atoms with van der Waals surface area (Å²) in [6.07, 6.45) is 0.810. The lowest BCUT2D eigenvalue weighted by Gasteiger charge is -2.19. The molecule has 0 aromatic heterocycles. The molecule has 0 spiro atoms. The minimum Gasteiger partial charge on any atom is -0.398 e. The van der Waals surface area contributed by atoms with Crippen LogP contribution in [-0.2, 0) is 10.0 Å². The van der Waals surface area contributed by atoms with Crippen LogP contribution in [0.1, 0.15) is 20.3 Å². The molecule has 1 saturated heterocycles. The van der Waals surface area contributed by atoms with Gasteiger partial charge in [0.05, 0.1) is 0 Å². The maximum absolute atomic E-state index is 13.9. The summed E-state index contributed by atoms with van der Waals surface area (Å²) in [6, 6.07) is 2.27. The van der Waals surface area contributed by atoms with Crippen LogP contribution in [-0.4, -0.2) is 25.8 Å². The Labute approximate surface area is 127 Å². The monoisotopic (exact) mass is 364 g/mol. The second-order valence-corrected chi connectivity index (χ2v) is 8.22. The summed E-state index contributed by atoms with van der Waals surface area (Å²) in [7, 11) is -3.82. The maximum atomic E-state index is 13.9. The summed E-state index contributed by atoms with van der Waals surface area (Å²) in [4.78, 5) is -0.345. The maximum Gasteiger partial charge on any atom is 0.246 e. The number of nitrogens with zero attached hydrogens (tertiary/aromatic N) is 1. The highest BCUT2D eigenvalue weighted by Crippen LogP contribution is 2.32. The Balaban J connectivity index is 2.35. The molecule has 112 valence electrons. The van der Waals surface area contributed by atoms with E-state index in [1.807, 2.05) is 0 Å². The van der Waals surface area contributed by atoms with Gasteiger partial charge in [-0.15, -0.1) is 0 Å². The third-order valence-corrected chi connectivity index (χ3v) is 6.37. The first-order valence-electron chi connectivity index (χ1n) is 6.48. The van der Waals surface area contributed by atoms with E-state index in [1.165, 1.54) is 10.4 Å². The minimum atomic E-state index is -3.82. The SMILES string of the molecule is CC(C)C1CCN(S(=O)(=O)c2cc(N)c(Br)cc2F)C1. The van der Waals surface area contributed by atoms with Crippen molar-refractivity contribution in [3.8, 4) is 0 Å². The molecule has 1 atom stereocenters. The molecule has 1 fully saturated rings. The molecule has 0 amide bonds. The van der Waals surface area contributed by atoms with Gasteiger partial charge in [0.1, 0.15) is 10.7 Å². The van der Waals surface area contributed by atoms with Gasteiger partial charge < -0.3 is 5.73 Å². The lowest BCUT2D eigenvalue weighted by Crippen LogP contribution is -2.30. The van der Waals surface area contributed by atoms with Crippen LogP contribution in [0.2, 0.25) is 0 Å². The van der Waals surface area contributed by atoms with E-state index in [2.05, 4.69) is 29.8 Å². The number of rotatable bonds is 3. The fraction of sp³-hybridized carbons (Fsp3) is 0.538. The number of benzene rings is 1. The van der Waals surface area contributed by atoms with Crippen LogP contribution in [0.25, 0.3) is 0 Å². The molecule has 1 aliphatic rings. The van der Waals surface area contributed by atoms with Gasteiger partial charge in [-0.05, 0) is 46.3 Å². The number of nitrogens with two attached hydrogens (primary N) is 1. The van der Waals surface area contributed by atoms with E-state index in [-0.39, 0.29) is 10.6 Å². The van der Waals surface area contributed by atoms with E-state index in [1.54, 1.807) is 0 Å². The summed E-state index contributed by atoms with van der Waals surface area (Å²) in [5.41, 5.74) is 5.88. The van der Waals surface area contributed by atoms with Crippen LogP contribution in [0.15, 0.2) is 21.5 Å². The molecule has 1 heterocycles. The molecule has 0 radical (unpaired) electrons. The Hall–Kier alpha value is -0.660. The molecule has 0 saturated carbocycles. The van der Waals surface area contributed by atoms with E-state index < -0.39 is 15.8 Å². The number of anilines is 1. The number of hydrogen-bond acceptors (Lipinski definition) is 3. The Morgan fingerprint density at radius 1 is 1.45 bits per heavy atom. The van der Waals surface area contributed by atoms with Crippen LogP contribution in [0.5, 0.6) is 0 Å². The summed E-state index contributed by atoms with van der Waals surface area (Å²) in [5.74, 6) is -0.0465. The first-order valence-corrected chi connectivity index (χ1v) is 8.71. The molecule has 0 bridgehead atoms. The number of nitrogen functional groups attached to an aromatic ring is 1. The molecule has 7 heteroatoms. The Morgan fingerprint density at radius 3 is 2.65 bits per heavy atom. The molecule has 1 aromatic carbocycles. The van der Waals surface area contributed by atoms with Gasteiger partial charge in [-0.25, -0.2) is 12.8 Å². The minimum absolute atomic E-state index is 0.213. The van der Waals surface area contributed by atoms with E-state index in [9.17, 15) is 12.8 Å². The standard InChI is InChI=1S/C13H18BrFN2O2S/c1-8(2)9-3-4-17(7-9)20(18,19)13-6-12(16)10(14)5-11(13)15/h5-6,8-9H,3-4,7,16H2,1-2H3. The lowest BCUT2D eigenvalue weighted by molar-refractivity contribution is 0.387. The normalized spacial score (nSPS) is 20.8. The van der Waals surface area contributed by atoms with Gasteiger partial charge in [0.2, 0.25) is 10.0 Å². The zero-order valence-corrected chi connectivity index (χ0v) is 13.8. The molecular weight excluding hydrogens is 347 g/mol. The molecule has 1 aliphatic heterocycles. The summed E-state index contributed by atoms with van der Waals surface area (Å²) < 4.78 is 40.7. The summed E-state index contributed by atoms with van der Waals surface area (Å²) >= 11 is 3.09. The average molecular weight is 365 g/mol. The topological polar surface area (TPSA) is 63.4 Å². The third kappa shape index (κ3) is 2.84. The van der Waals surface area contributed by atoms with Gasteiger partial charge in [-0.3, -0.25) is 0 Å². The highest BCUT2D eigenvalue weighted by molar-refractivity contribution is 9.10. The molecule has 0 aliphatic carbocycles. The third-order valence-electron chi connectivity index (χ3n) is 3.80. The number of hydrogen-bond donors (Lipinski definition) is 1. The van der Waals surface area contributed by atoms with Gasteiger partial charge in [-0.2, -0.15) is 4.31 Å². The van der Waals surface area contributed by atoms with Gasteiger partial charge in [-0.1, -0.05) is 13.8 Å². The summed E-state index contributed by atoms with van der Waals surface area (Å²) in [6.45, 7) is 5.01. The van der Waals surface area contributed by atoms with Crippen molar-refractivity contribution in [3.05, 3.63) is 22.4 Å². The second kappa shape index (κ2) is 5.61. The number of sulfonamides is 1. The van der Waals surface area contributed by atoms with Crippen molar-refractivity contribution in [3.63, 3.8) is 0 Å². The van der Waals surface area contributed by atoms with E-state index in [0.717, 1.165) is 12.5 Å². The first kappa shape index (κ1) is 15.7. The van der Waals surface area contributed by atoms with E-state index >= 15 is 0 Å².